The SMILES string of the molecule is Cc1cc(C)c([C@@H](NC(=O)OCC2c3ccccc3-c3ccccc32)C(=O)O)c(C)c1. The molecule has 31 heavy (non-hydrogen) atoms. The maximum Gasteiger partial charge on any atom is 0.408 e. The third-order valence-corrected chi connectivity index (χ3v) is 5.88. The predicted octanol–water partition coefficient (Wildman–Crippen LogP) is 5.28. The molecule has 1 amide bonds. The molecular formula is C26H25NO4. The van der Waals surface area contributed by atoms with Gasteiger partial charge in [0.2, 0.25) is 0 Å². The van der Waals surface area contributed by atoms with Gasteiger partial charge < -0.3 is 15.2 Å². The Labute approximate surface area is 181 Å². The van der Waals surface area contributed by atoms with Crippen LogP contribution in [0, 0.1) is 20.8 Å². The Hall–Kier alpha value is -3.60. The van der Waals surface area contributed by atoms with E-state index < -0.39 is 18.1 Å². The second-order valence-corrected chi connectivity index (χ2v) is 8.05. The molecular weight excluding hydrogens is 390 g/mol. The molecule has 5 nitrogen and oxygen atoms in total. The van der Waals surface area contributed by atoms with Crippen LogP contribution in [-0.2, 0) is 9.53 Å². The summed E-state index contributed by atoms with van der Waals surface area (Å²) in [7, 11) is 0. The molecule has 4 rings (SSSR count). The molecule has 0 bridgehead atoms. The fraction of sp³-hybridized carbons (Fsp3) is 0.231. The molecule has 0 fully saturated rings. The van der Waals surface area contributed by atoms with E-state index in [0.717, 1.165) is 38.9 Å². The first-order valence-electron chi connectivity index (χ1n) is 10.3. The molecule has 5 heteroatoms. The van der Waals surface area contributed by atoms with Crippen LogP contribution in [0.4, 0.5) is 4.79 Å². The van der Waals surface area contributed by atoms with Gasteiger partial charge in [-0.05, 0) is 59.7 Å². The number of hydrogen-bond acceptors (Lipinski definition) is 3. The topological polar surface area (TPSA) is 75.6 Å². The van der Waals surface area contributed by atoms with Gasteiger partial charge in [-0.1, -0.05) is 66.2 Å². The number of rotatable bonds is 5. The largest absolute Gasteiger partial charge is 0.479 e. The quantitative estimate of drug-likeness (QED) is 0.595. The highest BCUT2D eigenvalue weighted by Gasteiger charge is 2.30. The van der Waals surface area contributed by atoms with Crippen LogP contribution in [0.25, 0.3) is 11.1 Å². The van der Waals surface area contributed by atoms with Gasteiger partial charge in [-0.25, -0.2) is 9.59 Å². The van der Waals surface area contributed by atoms with E-state index in [1.165, 1.54) is 0 Å². The normalized spacial score (nSPS) is 13.3. The lowest BCUT2D eigenvalue weighted by Gasteiger charge is -2.21. The minimum Gasteiger partial charge on any atom is -0.479 e. The summed E-state index contributed by atoms with van der Waals surface area (Å²) in [5, 5.41) is 12.3. The smallest absolute Gasteiger partial charge is 0.408 e. The van der Waals surface area contributed by atoms with Gasteiger partial charge in [0.1, 0.15) is 6.61 Å². The number of carbonyl (C=O) groups is 2. The van der Waals surface area contributed by atoms with Gasteiger partial charge in [-0.3, -0.25) is 0 Å². The molecule has 1 aliphatic rings. The Bertz CT molecular complexity index is 1100. The van der Waals surface area contributed by atoms with Gasteiger partial charge >= 0.3 is 12.1 Å². The average Bonchev–Trinajstić information content (AvgIpc) is 3.04. The highest BCUT2D eigenvalue weighted by Crippen LogP contribution is 2.44. The molecule has 0 heterocycles. The predicted molar refractivity (Wildman–Crippen MR) is 119 cm³/mol. The van der Waals surface area contributed by atoms with E-state index in [1.54, 1.807) is 0 Å². The van der Waals surface area contributed by atoms with E-state index in [0.29, 0.717) is 5.56 Å². The number of ether oxygens (including phenoxy) is 1. The molecule has 0 aliphatic heterocycles. The molecule has 0 saturated carbocycles. The number of fused-ring (bicyclic) bond motifs is 3. The zero-order valence-corrected chi connectivity index (χ0v) is 17.8. The van der Waals surface area contributed by atoms with Crippen LogP contribution in [0.2, 0.25) is 0 Å². The molecule has 0 radical (unpaired) electrons. The maximum atomic E-state index is 12.6. The molecule has 1 atom stereocenters. The van der Waals surface area contributed by atoms with Crippen LogP contribution in [0.1, 0.15) is 45.3 Å². The van der Waals surface area contributed by atoms with Gasteiger partial charge in [0.25, 0.3) is 0 Å². The van der Waals surface area contributed by atoms with E-state index >= 15 is 0 Å². The van der Waals surface area contributed by atoms with Crippen LogP contribution in [-0.4, -0.2) is 23.8 Å². The number of aryl methyl sites for hydroxylation is 3. The molecule has 0 spiro atoms. The summed E-state index contributed by atoms with van der Waals surface area (Å²) in [6.07, 6.45) is -0.742. The van der Waals surface area contributed by atoms with Crippen LogP contribution in [0.15, 0.2) is 60.7 Å². The fourth-order valence-electron chi connectivity index (χ4n) is 4.66. The minimum absolute atomic E-state index is 0.0794. The lowest BCUT2D eigenvalue weighted by Crippen LogP contribution is -2.35. The number of amides is 1. The lowest BCUT2D eigenvalue weighted by molar-refractivity contribution is -0.139. The molecule has 0 aromatic heterocycles. The molecule has 3 aromatic carbocycles. The summed E-state index contributed by atoms with van der Waals surface area (Å²) in [5.41, 5.74) is 7.78. The minimum atomic E-state index is -1.17. The van der Waals surface area contributed by atoms with Crippen molar-refractivity contribution in [2.75, 3.05) is 6.61 Å². The first-order chi connectivity index (χ1) is 14.9. The van der Waals surface area contributed by atoms with Crippen molar-refractivity contribution in [3.63, 3.8) is 0 Å². The monoisotopic (exact) mass is 415 g/mol. The number of carboxylic acid groups (broad SMARTS) is 1. The van der Waals surface area contributed by atoms with E-state index in [2.05, 4.69) is 17.4 Å². The first kappa shape index (κ1) is 20.7. The summed E-state index contributed by atoms with van der Waals surface area (Å²) in [4.78, 5) is 24.5. The summed E-state index contributed by atoms with van der Waals surface area (Å²) in [6, 6.07) is 18.8. The Kier molecular flexibility index (Phi) is 5.51. The Balaban J connectivity index is 1.52. The number of carboxylic acids is 1. The standard InChI is InChI=1S/C26H25NO4/c1-15-12-16(2)23(17(3)13-15)24(25(28)29)27-26(30)31-14-22-20-10-6-4-8-18(20)19-9-5-7-11-21(19)22/h4-13,22,24H,14H2,1-3H3,(H,27,30)(H,28,29)/t24-/m1/s1. The number of aliphatic carboxylic acids is 1. The highest BCUT2D eigenvalue weighted by atomic mass is 16.5. The van der Waals surface area contributed by atoms with Crippen molar-refractivity contribution in [2.24, 2.45) is 0 Å². The molecule has 2 N–H and O–H groups in total. The third kappa shape index (κ3) is 3.91. The van der Waals surface area contributed by atoms with Crippen molar-refractivity contribution in [1.82, 2.24) is 5.32 Å². The van der Waals surface area contributed by atoms with Crippen LogP contribution in [0.3, 0.4) is 0 Å². The van der Waals surface area contributed by atoms with Crippen molar-refractivity contribution >= 4 is 12.1 Å². The van der Waals surface area contributed by atoms with Crippen molar-refractivity contribution < 1.29 is 19.4 Å². The first-order valence-corrected chi connectivity index (χ1v) is 10.3. The zero-order chi connectivity index (χ0) is 22.1. The Morgan fingerprint density at radius 2 is 1.45 bits per heavy atom. The molecule has 158 valence electrons. The van der Waals surface area contributed by atoms with Crippen LogP contribution >= 0.6 is 0 Å². The van der Waals surface area contributed by atoms with Crippen LogP contribution in [0.5, 0.6) is 0 Å². The second kappa shape index (κ2) is 8.26. The number of hydrogen-bond donors (Lipinski definition) is 2. The van der Waals surface area contributed by atoms with Gasteiger partial charge in [-0.2, -0.15) is 0 Å². The number of carbonyl (C=O) groups excluding carboxylic acids is 1. The molecule has 1 aliphatic carbocycles. The maximum absolute atomic E-state index is 12.6. The second-order valence-electron chi connectivity index (χ2n) is 8.05. The van der Waals surface area contributed by atoms with Gasteiger partial charge in [-0.15, -0.1) is 0 Å². The van der Waals surface area contributed by atoms with Crippen molar-refractivity contribution in [3.05, 3.63) is 94.0 Å². The van der Waals surface area contributed by atoms with Gasteiger partial charge in [0.05, 0.1) is 0 Å². The van der Waals surface area contributed by atoms with Crippen molar-refractivity contribution in [1.29, 1.82) is 0 Å². The summed E-state index contributed by atoms with van der Waals surface area (Å²) < 4.78 is 5.53. The molecule has 0 unspecified atom stereocenters. The van der Waals surface area contributed by atoms with Crippen molar-refractivity contribution in [2.45, 2.75) is 32.7 Å². The summed E-state index contributed by atoms with van der Waals surface area (Å²) in [6.45, 7) is 5.80. The lowest BCUT2D eigenvalue weighted by atomic mass is 9.94. The average molecular weight is 415 g/mol. The Morgan fingerprint density at radius 1 is 0.935 bits per heavy atom. The summed E-state index contributed by atoms with van der Waals surface area (Å²) in [5.74, 6) is -1.20. The highest BCUT2D eigenvalue weighted by molar-refractivity contribution is 5.83. The zero-order valence-electron chi connectivity index (χ0n) is 17.8. The number of alkyl carbamates (subject to hydrolysis) is 1. The Morgan fingerprint density at radius 3 is 1.97 bits per heavy atom. The number of nitrogens with one attached hydrogen (secondary N) is 1. The third-order valence-electron chi connectivity index (χ3n) is 5.88. The van der Waals surface area contributed by atoms with E-state index in [-0.39, 0.29) is 12.5 Å². The van der Waals surface area contributed by atoms with Gasteiger partial charge in [0.15, 0.2) is 6.04 Å². The van der Waals surface area contributed by atoms with Gasteiger partial charge in [0, 0.05) is 5.92 Å². The fourth-order valence-corrected chi connectivity index (χ4v) is 4.66. The van der Waals surface area contributed by atoms with Crippen LogP contribution < -0.4 is 5.32 Å². The van der Waals surface area contributed by atoms with Crippen molar-refractivity contribution in [3.8, 4) is 11.1 Å². The molecule has 3 aromatic rings. The number of benzene rings is 3. The van der Waals surface area contributed by atoms with E-state index in [4.69, 9.17) is 4.74 Å². The van der Waals surface area contributed by atoms with E-state index in [1.807, 2.05) is 69.3 Å². The van der Waals surface area contributed by atoms with E-state index in [9.17, 15) is 14.7 Å². The summed E-state index contributed by atoms with van der Waals surface area (Å²) >= 11 is 0. The molecule has 0 saturated heterocycles.